The normalized spacial score (nSPS) is 25.4. The van der Waals surface area contributed by atoms with Crippen molar-refractivity contribution in [1.82, 2.24) is 4.90 Å². The number of amides is 1. The summed E-state index contributed by atoms with van der Waals surface area (Å²) >= 11 is 1.66. The number of rotatable bonds is 5. The Morgan fingerprint density at radius 3 is 2.53 bits per heavy atom. The zero-order valence-electron chi connectivity index (χ0n) is 12.3. The fraction of sp³-hybridized carbons (Fsp3) is 0.857. The lowest BCUT2D eigenvalue weighted by atomic mass is 9.82. The SMILES string of the molecule is CCSC(C(=O)N1CCCC(C)(C(=O)O)C1)C(C)C. The Hall–Kier alpha value is -0.710. The Balaban J connectivity index is 2.78. The zero-order chi connectivity index (χ0) is 14.6. The van der Waals surface area contributed by atoms with Gasteiger partial charge in [0.1, 0.15) is 0 Å². The highest BCUT2D eigenvalue weighted by Gasteiger charge is 2.41. The van der Waals surface area contributed by atoms with Crippen molar-refractivity contribution in [3.63, 3.8) is 0 Å². The van der Waals surface area contributed by atoms with Crippen LogP contribution in [-0.2, 0) is 9.59 Å². The Labute approximate surface area is 119 Å². The summed E-state index contributed by atoms with van der Waals surface area (Å²) in [6.07, 6.45) is 1.43. The van der Waals surface area contributed by atoms with Gasteiger partial charge in [0, 0.05) is 13.1 Å². The molecule has 0 aliphatic carbocycles. The Morgan fingerprint density at radius 1 is 1.42 bits per heavy atom. The topological polar surface area (TPSA) is 57.6 Å². The molecule has 0 aromatic rings. The number of hydrogen-bond donors (Lipinski definition) is 1. The molecule has 110 valence electrons. The molecule has 1 heterocycles. The third-order valence-electron chi connectivity index (χ3n) is 3.72. The van der Waals surface area contributed by atoms with E-state index in [0.29, 0.717) is 19.5 Å². The predicted molar refractivity (Wildman–Crippen MR) is 78.3 cm³/mol. The van der Waals surface area contributed by atoms with Crippen LogP contribution in [0.25, 0.3) is 0 Å². The maximum Gasteiger partial charge on any atom is 0.311 e. The summed E-state index contributed by atoms with van der Waals surface area (Å²) in [5, 5.41) is 9.25. The van der Waals surface area contributed by atoms with E-state index in [1.54, 1.807) is 23.6 Å². The van der Waals surface area contributed by atoms with Gasteiger partial charge in [-0.2, -0.15) is 0 Å². The predicted octanol–water partition coefficient (Wildman–Crippen LogP) is 2.48. The number of piperidine rings is 1. The molecule has 0 radical (unpaired) electrons. The number of likely N-dealkylation sites (tertiary alicyclic amines) is 1. The molecule has 2 unspecified atom stereocenters. The smallest absolute Gasteiger partial charge is 0.311 e. The first-order valence-electron chi connectivity index (χ1n) is 6.95. The van der Waals surface area contributed by atoms with E-state index in [9.17, 15) is 14.7 Å². The first-order valence-corrected chi connectivity index (χ1v) is 8.00. The molecule has 0 aromatic carbocycles. The average molecular weight is 287 g/mol. The third kappa shape index (κ3) is 3.88. The number of carbonyl (C=O) groups is 2. The minimum Gasteiger partial charge on any atom is -0.481 e. The molecule has 1 rings (SSSR count). The first kappa shape index (κ1) is 16.3. The van der Waals surface area contributed by atoms with Crippen molar-refractivity contribution in [1.29, 1.82) is 0 Å². The van der Waals surface area contributed by atoms with Gasteiger partial charge in [0.2, 0.25) is 5.91 Å². The van der Waals surface area contributed by atoms with E-state index in [1.807, 2.05) is 20.8 Å². The summed E-state index contributed by atoms with van der Waals surface area (Å²) < 4.78 is 0. The van der Waals surface area contributed by atoms with Crippen molar-refractivity contribution in [2.45, 2.75) is 45.8 Å². The molecule has 1 N–H and O–H groups in total. The molecule has 1 amide bonds. The standard InChI is InChI=1S/C14H25NO3S/c1-5-19-11(10(2)3)12(16)15-8-6-7-14(4,9-15)13(17)18/h10-11H,5-9H2,1-4H3,(H,17,18). The van der Waals surface area contributed by atoms with Gasteiger partial charge in [-0.15, -0.1) is 11.8 Å². The van der Waals surface area contributed by atoms with Crippen molar-refractivity contribution < 1.29 is 14.7 Å². The molecule has 0 bridgehead atoms. The lowest BCUT2D eigenvalue weighted by Gasteiger charge is -2.39. The highest BCUT2D eigenvalue weighted by molar-refractivity contribution is 8.00. The van der Waals surface area contributed by atoms with Crippen molar-refractivity contribution in [2.24, 2.45) is 11.3 Å². The molecule has 1 fully saturated rings. The number of nitrogens with zero attached hydrogens (tertiary/aromatic N) is 1. The molecule has 0 spiro atoms. The molecule has 0 saturated carbocycles. The second-order valence-electron chi connectivity index (χ2n) is 5.85. The summed E-state index contributed by atoms with van der Waals surface area (Å²) in [5.74, 6) is 0.484. The monoisotopic (exact) mass is 287 g/mol. The van der Waals surface area contributed by atoms with E-state index in [0.717, 1.165) is 12.2 Å². The molecule has 19 heavy (non-hydrogen) atoms. The quantitative estimate of drug-likeness (QED) is 0.844. The fourth-order valence-corrected chi connectivity index (χ4v) is 3.55. The van der Waals surface area contributed by atoms with Crippen molar-refractivity contribution in [2.75, 3.05) is 18.8 Å². The second kappa shape index (κ2) is 6.64. The van der Waals surface area contributed by atoms with Crippen LogP contribution < -0.4 is 0 Å². The fourth-order valence-electron chi connectivity index (χ4n) is 2.51. The second-order valence-corrected chi connectivity index (χ2v) is 7.27. The van der Waals surface area contributed by atoms with Gasteiger partial charge in [-0.25, -0.2) is 0 Å². The number of thioether (sulfide) groups is 1. The van der Waals surface area contributed by atoms with Crippen LogP contribution in [0.3, 0.4) is 0 Å². The van der Waals surface area contributed by atoms with Crippen LogP contribution >= 0.6 is 11.8 Å². The summed E-state index contributed by atoms with van der Waals surface area (Å²) in [6.45, 7) is 8.91. The van der Waals surface area contributed by atoms with Crippen molar-refractivity contribution >= 4 is 23.6 Å². The molecule has 5 heteroatoms. The van der Waals surface area contributed by atoms with Crippen LogP contribution in [-0.4, -0.2) is 46.0 Å². The van der Waals surface area contributed by atoms with Crippen LogP contribution in [0.4, 0.5) is 0 Å². The number of hydrogen-bond acceptors (Lipinski definition) is 3. The summed E-state index contributed by atoms with van der Waals surface area (Å²) in [7, 11) is 0. The van der Waals surface area contributed by atoms with Gasteiger partial charge >= 0.3 is 5.97 Å². The highest BCUT2D eigenvalue weighted by atomic mass is 32.2. The molecule has 1 aliphatic heterocycles. The molecule has 0 aromatic heterocycles. The van der Waals surface area contributed by atoms with Gasteiger partial charge in [-0.3, -0.25) is 9.59 Å². The highest BCUT2D eigenvalue weighted by Crippen LogP contribution is 2.32. The minimum absolute atomic E-state index is 0.0545. The van der Waals surface area contributed by atoms with Gasteiger partial charge in [-0.05, 0) is 31.4 Å². The largest absolute Gasteiger partial charge is 0.481 e. The van der Waals surface area contributed by atoms with Crippen molar-refractivity contribution in [3.8, 4) is 0 Å². The molecule has 1 aliphatic rings. The average Bonchev–Trinajstić information content (AvgIpc) is 2.34. The molecule has 1 saturated heterocycles. The van der Waals surface area contributed by atoms with Gasteiger partial charge in [0.25, 0.3) is 0 Å². The van der Waals surface area contributed by atoms with E-state index in [4.69, 9.17) is 0 Å². The molecular weight excluding hydrogens is 262 g/mol. The Bertz CT molecular complexity index is 346. The summed E-state index contributed by atoms with van der Waals surface area (Å²) in [4.78, 5) is 25.6. The molecular formula is C14H25NO3S. The molecule has 4 nitrogen and oxygen atoms in total. The van der Waals surface area contributed by atoms with Crippen molar-refractivity contribution in [3.05, 3.63) is 0 Å². The number of carbonyl (C=O) groups excluding carboxylic acids is 1. The van der Waals surface area contributed by atoms with Gasteiger partial charge < -0.3 is 10.0 Å². The molecule has 2 atom stereocenters. The Kier molecular flexibility index (Phi) is 5.71. The lowest BCUT2D eigenvalue weighted by molar-refractivity contribution is -0.153. The van der Waals surface area contributed by atoms with Crippen LogP contribution in [0.15, 0.2) is 0 Å². The Morgan fingerprint density at radius 2 is 2.05 bits per heavy atom. The number of carboxylic acid groups (broad SMARTS) is 1. The van der Waals surface area contributed by atoms with Gasteiger partial charge in [-0.1, -0.05) is 20.8 Å². The number of aliphatic carboxylic acids is 1. The van der Waals surface area contributed by atoms with E-state index in [-0.39, 0.29) is 17.1 Å². The minimum atomic E-state index is -0.797. The number of carboxylic acids is 1. The maximum atomic E-state index is 12.6. The first-order chi connectivity index (χ1) is 8.81. The van der Waals surface area contributed by atoms with Gasteiger partial charge in [0.05, 0.1) is 10.7 Å². The summed E-state index contributed by atoms with van der Waals surface area (Å²) in [5.41, 5.74) is -0.785. The van der Waals surface area contributed by atoms with Crippen LogP contribution in [0.1, 0.15) is 40.5 Å². The van der Waals surface area contributed by atoms with Crippen LogP contribution in [0, 0.1) is 11.3 Å². The van der Waals surface area contributed by atoms with E-state index in [1.165, 1.54) is 0 Å². The summed E-state index contributed by atoms with van der Waals surface area (Å²) in [6, 6.07) is 0. The lowest BCUT2D eigenvalue weighted by Crippen LogP contribution is -2.51. The van der Waals surface area contributed by atoms with Crippen LogP contribution in [0.5, 0.6) is 0 Å². The van der Waals surface area contributed by atoms with Crippen LogP contribution in [0.2, 0.25) is 0 Å². The maximum absolute atomic E-state index is 12.6. The van der Waals surface area contributed by atoms with E-state index < -0.39 is 11.4 Å². The van der Waals surface area contributed by atoms with Gasteiger partial charge in [0.15, 0.2) is 0 Å². The van der Waals surface area contributed by atoms with E-state index in [2.05, 4.69) is 0 Å². The van der Waals surface area contributed by atoms with E-state index >= 15 is 0 Å². The third-order valence-corrected chi connectivity index (χ3v) is 5.16. The zero-order valence-corrected chi connectivity index (χ0v) is 13.1.